The highest BCUT2D eigenvalue weighted by atomic mass is 28.4. The Labute approximate surface area is 63.7 Å². The van der Waals surface area contributed by atoms with Crippen LogP contribution in [0.25, 0.3) is 0 Å². The van der Waals surface area contributed by atoms with Crippen molar-refractivity contribution in [2.45, 2.75) is 32.2 Å². The zero-order valence-corrected chi connectivity index (χ0v) is 8.02. The molecule has 0 radical (unpaired) electrons. The summed E-state index contributed by atoms with van der Waals surface area (Å²) in [5.41, 5.74) is 0. The van der Waals surface area contributed by atoms with E-state index in [0.29, 0.717) is 6.10 Å². The molecule has 0 aromatic heterocycles. The molecule has 0 aromatic carbocycles. The first-order valence-electron chi connectivity index (χ1n) is 3.83. The van der Waals surface area contributed by atoms with Gasteiger partial charge >= 0.3 is 0 Å². The Morgan fingerprint density at radius 1 is 1.40 bits per heavy atom. The summed E-state index contributed by atoms with van der Waals surface area (Å²) in [6.07, 6.45) is 1.48. The second-order valence-corrected chi connectivity index (χ2v) is 8.18. The van der Waals surface area contributed by atoms with Gasteiger partial charge in [0.05, 0.1) is 12.7 Å². The van der Waals surface area contributed by atoms with Gasteiger partial charge in [-0.05, 0) is 26.1 Å². The molecule has 1 saturated heterocycles. The Bertz CT molecular complexity index is 103. The van der Waals surface area contributed by atoms with Gasteiger partial charge in [0.1, 0.15) is 0 Å². The minimum Gasteiger partial charge on any atom is -0.412 e. The van der Waals surface area contributed by atoms with Crippen LogP contribution in [0.2, 0.25) is 19.6 Å². The van der Waals surface area contributed by atoms with Crippen molar-refractivity contribution < 1.29 is 9.16 Å². The van der Waals surface area contributed by atoms with Crippen molar-refractivity contribution in [3.05, 3.63) is 0 Å². The SMILES string of the molecule is C[Si](C)(C)OC1CCOC1. The van der Waals surface area contributed by atoms with Crippen molar-refractivity contribution in [2.75, 3.05) is 13.2 Å². The molecule has 2 nitrogen and oxygen atoms in total. The zero-order chi connectivity index (χ0) is 7.61. The molecular weight excluding hydrogens is 144 g/mol. The lowest BCUT2D eigenvalue weighted by atomic mass is 10.3. The number of hydrogen-bond acceptors (Lipinski definition) is 2. The molecule has 1 rings (SSSR count). The zero-order valence-electron chi connectivity index (χ0n) is 7.02. The quantitative estimate of drug-likeness (QED) is 0.572. The van der Waals surface area contributed by atoms with Crippen LogP contribution in [0.15, 0.2) is 0 Å². The maximum absolute atomic E-state index is 5.81. The van der Waals surface area contributed by atoms with Gasteiger partial charge < -0.3 is 9.16 Å². The molecule has 0 spiro atoms. The summed E-state index contributed by atoms with van der Waals surface area (Å²) in [6.45, 7) is 8.33. The molecule has 60 valence electrons. The molecule has 10 heavy (non-hydrogen) atoms. The Balaban J connectivity index is 2.24. The van der Waals surface area contributed by atoms with Gasteiger partial charge in [-0.2, -0.15) is 0 Å². The second kappa shape index (κ2) is 3.03. The average Bonchev–Trinajstić information content (AvgIpc) is 2.12. The van der Waals surface area contributed by atoms with Crippen LogP contribution in [-0.4, -0.2) is 27.6 Å². The number of rotatable bonds is 2. The lowest BCUT2D eigenvalue weighted by molar-refractivity contribution is 0.137. The topological polar surface area (TPSA) is 18.5 Å². The van der Waals surface area contributed by atoms with E-state index in [-0.39, 0.29) is 0 Å². The van der Waals surface area contributed by atoms with Gasteiger partial charge in [-0.15, -0.1) is 0 Å². The van der Waals surface area contributed by atoms with Crippen molar-refractivity contribution in [1.82, 2.24) is 0 Å². The summed E-state index contributed by atoms with van der Waals surface area (Å²) in [7, 11) is -1.30. The smallest absolute Gasteiger partial charge is 0.184 e. The molecule has 0 bridgehead atoms. The summed E-state index contributed by atoms with van der Waals surface area (Å²) in [6, 6.07) is 0. The van der Waals surface area contributed by atoms with Crippen LogP contribution in [0.4, 0.5) is 0 Å². The average molecular weight is 160 g/mol. The molecule has 1 heterocycles. The summed E-state index contributed by atoms with van der Waals surface area (Å²) in [4.78, 5) is 0. The van der Waals surface area contributed by atoms with Crippen LogP contribution >= 0.6 is 0 Å². The maximum Gasteiger partial charge on any atom is 0.184 e. The Morgan fingerprint density at radius 2 is 2.10 bits per heavy atom. The van der Waals surface area contributed by atoms with E-state index in [1.54, 1.807) is 0 Å². The van der Waals surface area contributed by atoms with Crippen molar-refractivity contribution >= 4 is 8.32 Å². The molecule has 0 saturated carbocycles. The van der Waals surface area contributed by atoms with E-state index in [0.717, 1.165) is 19.6 Å². The lowest BCUT2D eigenvalue weighted by Gasteiger charge is -2.21. The van der Waals surface area contributed by atoms with Gasteiger partial charge in [0, 0.05) is 6.61 Å². The predicted molar refractivity (Wildman–Crippen MR) is 43.7 cm³/mol. The molecule has 1 atom stereocenters. The first kappa shape index (κ1) is 8.24. The third-order valence-electron chi connectivity index (χ3n) is 1.41. The second-order valence-electron chi connectivity index (χ2n) is 3.72. The minimum atomic E-state index is -1.30. The number of ether oxygens (including phenoxy) is 1. The Hall–Kier alpha value is 0.137. The monoisotopic (exact) mass is 160 g/mol. The first-order valence-corrected chi connectivity index (χ1v) is 7.24. The van der Waals surface area contributed by atoms with E-state index in [1.165, 1.54) is 0 Å². The molecular formula is C7H16O2Si. The van der Waals surface area contributed by atoms with E-state index in [4.69, 9.17) is 9.16 Å². The molecule has 3 heteroatoms. The van der Waals surface area contributed by atoms with Gasteiger partial charge in [-0.1, -0.05) is 0 Å². The maximum atomic E-state index is 5.81. The largest absolute Gasteiger partial charge is 0.412 e. The third kappa shape index (κ3) is 2.81. The van der Waals surface area contributed by atoms with Gasteiger partial charge in [0.15, 0.2) is 8.32 Å². The Kier molecular flexibility index (Phi) is 2.49. The van der Waals surface area contributed by atoms with Gasteiger partial charge in [-0.3, -0.25) is 0 Å². The van der Waals surface area contributed by atoms with Crippen LogP contribution in [0, 0.1) is 0 Å². The fraction of sp³-hybridized carbons (Fsp3) is 1.00. The Morgan fingerprint density at radius 3 is 2.50 bits per heavy atom. The van der Waals surface area contributed by atoms with Crippen molar-refractivity contribution in [3.63, 3.8) is 0 Å². The standard InChI is InChI=1S/C7H16O2Si/c1-10(2,3)9-7-4-5-8-6-7/h7H,4-6H2,1-3H3. The highest BCUT2D eigenvalue weighted by Gasteiger charge is 2.23. The molecule has 0 aliphatic carbocycles. The van der Waals surface area contributed by atoms with Crippen LogP contribution in [0.3, 0.4) is 0 Å². The molecule has 0 aromatic rings. The van der Waals surface area contributed by atoms with Gasteiger partial charge in [0.25, 0.3) is 0 Å². The minimum absolute atomic E-state index is 0.395. The molecule has 1 fully saturated rings. The summed E-state index contributed by atoms with van der Waals surface area (Å²) >= 11 is 0. The van der Waals surface area contributed by atoms with E-state index in [9.17, 15) is 0 Å². The molecule has 1 unspecified atom stereocenters. The van der Waals surface area contributed by atoms with Crippen LogP contribution < -0.4 is 0 Å². The number of hydrogen-bond donors (Lipinski definition) is 0. The molecule has 1 aliphatic rings. The molecule has 0 amide bonds. The van der Waals surface area contributed by atoms with Crippen molar-refractivity contribution in [3.8, 4) is 0 Å². The lowest BCUT2D eigenvalue weighted by Crippen LogP contribution is -2.32. The molecule has 1 aliphatic heterocycles. The third-order valence-corrected chi connectivity index (χ3v) is 2.45. The van der Waals surface area contributed by atoms with E-state index in [1.807, 2.05) is 0 Å². The fourth-order valence-corrected chi connectivity index (χ4v) is 2.29. The summed E-state index contributed by atoms with van der Waals surface area (Å²) in [5, 5.41) is 0. The first-order chi connectivity index (χ1) is 4.58. The van der Waals surface area contributed by atoms with Gasteiger partial charge in [0.2, 0.25) is 0 Å². The fourth-order valence-electron chi connectivity index (χ4n) is 1.11. The highest BCUT2D eigenvalue weighted by molar-refractivity contribution is 6.69. The van der Waals surface area contributed by atoms with Crippen molar-refractivity contribution in [1.29, 1.82) is 0 Å². The van der Waals surface area contributed by atoms with Crippen LogP contribution in [0.1, 0.15) is 6.42 Å². The van der Waals surface area contributed by atoms with Gasteiger partial charge in [-0.25, -0.2) is 0 Å². The van der Waals surface area contributed by atoms with Crippen molar-refractivity contribution in [2.24, 2.45) is 0 Å². The van der Waals surface area contributed by atoms with Crippen LogP contribution in [-0.2, 0) is 9.16 Å². The van der Waals surface area contributed by atoms with E-state index < -0.39 is 8.32 Å². The predicted octanol–water partition coefficient (Wildman–Crippen LogP) is 1.63. The summed E-state index contributed by atoms with van der Waals surface area (Å²) < 4.78 is 11.0. The van der Waals surface area contributed by atoms with Crippen LogP contribution in [0.5, 0.6) is 0 Å². The van der Waals surface area contributed by atoms with E-state index >= 15 is 0 Å². The van der Waals surface area contributed by atoms with E-state index in [2.05, 4.69) is 19.6 Å². The highest BCUT2D eigenvalue weighted by Crippen LogP contribution is 2.14. The normalized spacial score (nSPS) is 27.3. The molecule has 0 N–H and O–H groups in total. The summed E-state index contributed by atoms with van der Waals surface area (Å²) in [5.74, 6) is 0.